The van der Waals surface area contributed by atoms with Crippen molar-refractivity contribution in [3.8, 4) is 5.69 Å². The van der Waals surface area contributed by atoms with Gasteiger partial charge in [0.2, 0.25) is 5.78 Å². The van der Waals surface area contributed by atoms with Gasteiger partial charge in [-0.2, -0.15) is 0 Å². The molecule has 4 heterocycles. The van der Waals surface area contributed by atoms with Crippen molar-refractivity contribution in [1.82, 2.24) is 19.2 Å². The van der Waals surface area contributed by atoms with E-state index in [0.29, 0.717) is 18.3 Å². The third kappa shape index (κ3) is 3.58. The van der Waals surface area contributed by atoms with Gasteiger partial charge in [-0.1, -0.05) is 51.1 Å². The Hall–Kier alpha value is -2.16. The number of aryl methyl sites for hydroxylation is 1. The van der Waals surface area contributed by atoms with Gasteiger partial charge in [-0.3, -0.25) is 4.79 Å². The molecule has 1 aliphatic heterocycles. The molecule has 6 nitrogen and oxygen atoms in total. The zero-order chi connectivity index (χ0) is 22.4. The molecule has 3 aromatic heterocycles. The Bertz CT molecular complexity index is 1350. The van der Waals surface area contributed by atoms with E-state index in [1.54, 1.807) is 27.7 Å². The Morgan fingerprint density at radius 2 is 2.16 bits per heavy atom. The molecule has 1 aliphatic rings. The predicted molar refractivity (Wildman–Crippen MR) is 131 cm³/mol. The summed E-state index contributed by atoms with van der Waals surface area (Å²) in [6.45, 7) is 9.14. The van der Waals surface area contributed by atoms with Gasteiger partial charge in [0.25, 0.3) is 5.56 Å². The highest BCUT2D eigenvalue weighted by molar-refractivity contribution is 7.99. The lowest BCUT2D eigenvalue weighted by Gasteiger charge is -2.26. The summed E-state index contributed by atoms with van der Waals surface area (Å²) in [6, 6.07) is 8.02. The Morgan fingerprint density at radius 3 is 2.91 bits per heavy atom. The number of aromatic nitrogens is 4. The van der Waals surface area contributed by atoms with Crippen LogP contribution >= 0.6 is 23.1 Å². The number of hydrogen-bond acceptors (Lipinski definition) is 6. The topological polar surface area (TPSA) is 61.4 Å². The van der Waals surface area contributed by atoms with Crippen LogP contribution in [0.3, 0.4) is 0 Å². The molecule has 0 amide bonds. The third-order valence-corrected chi connectivity index (χ3v) is 8.28. The van der Waals surface area contributed by atoms with Gasteiger partial charge < -0.3 is 4.74 Å². The molecule has 1 atom stereocenters. The molecule has 4 aromatic rings. The summed E-state index contributed by atoms with van der Waals surface area (Å²) in [5, 5.41) is 10.6. The van der Waals surface area contributed by atoms with Gasteiger partial charge in [0.1, 0.15) is 4.83 Å². The summed E-state index contributed by atoms with van der Waals surface area (Å²) >= 11 is 3.36. The van der Waals surface area contributed by atoms with Gasteiger partial charge in [0.05, 0.1) is 23.8 Å². The summed E-state index contributed by atoms with van der Waals surface area (Å²) < 4.78 is 9.95. The second-order valence-electron chi connectivity index (χ2n) is 8.78. The van der Waals surface area contributed by atoms with E-state index in [9.17, 15) is 4.79 Å². The number of ether oxygens (including phenoxy) is 1. The van der Waals surface area contributed by atoms with E-state index < -0.39 is 0 Å². The zero-order valence-electron chi connectivity index (χ0n) is 18.9. The van der Waals surface area contributed by atoms with Gasteiger partial charge in [0, 0.05) is 17.1 Å². The SMILES string of the molecule is CCCCSc1nnc2n(-c3cccc(C)c3)c(=O)c3c4c(sc3n12)CO[C@H](C(C)C)C4. The van der Waals surface area contributed by atoms with Crippen molar-refractivity contribution >= 4 is 39.1 Å². The maximum Gasteiger partial charge on any atom is 0.268 e. The number of rotatable bonds is 6. The molecule has 0 fully saturated rings. The minimum Gasteiger partial charge on any atom is -0.372 e. The predicted octanol–water partition coefficient (Wildman–Crippen LogP) is 5.39. The van der Waals surface area contributed by atoms with Crippen LogP contribution in [0, 0.1) is 12.8 Å². The number of hydrogen-bond donors (Lipinski definition) is 0. The number of thioether (sulfide) groups is 1. The van der Waals surface area contributed by atoms with Crippen molar-refractivity contribution in [3.63, 3.8) is 0 Å². The molecule has 0 saturated heterocycles. The average molecular weight is 469 g/mol. The maximum absolute atomic E-state index is 14.0. The van der Waals surface area contributed by atoms with E-state index in [1.165, 1.54) is 0 Å². The molecule has 1 aromatic carbocycles. The first-order valence-corrected chi connectivity index (χ1v) is 13.1. The number of unbranched alkanes of at least 4 members (excludes halogenated alkanes) is 1. The fraction of sp³-hybridized carbons (Fsp3) is 0.458. The molecule has 168 valence electrons. The first-order chi connectivity index (χ1) is 15.5. The normalized spacial score (nSPS) is 16.3. The Morgan fingerprint density at radius 1 is 1.31 bits per heavy atom. The molecular formula is C24H28N4O2S2. The second-order valence-corrected chi connectivity index (χ2v) is 10.9. The van der Waals surface area contributed by atoms with Crippen molar-refractivity contribution in [1.29, 1.82) is 0 Å². The lowest BCUT2D eigenvalue weighted by molar-refractivity contribution is 0.00200. The quantitative estimate of drug-likeness (QED) is 0.280. The van der Waals surface area contributed by atoms with Crippen LogP contribution in [0.5, 0.6) is 0 Å². The lowest BCUT2D eigenvalue weighted by Crippen LogP contribution is -2.28. The van der Waals surface area contributed by atoms with Gasteiger partial charge in [-0.05, 0) is 42.5 Å². The molecule has 8 heteroatoms. The van der Waals surface area contributed by atoms with Crippen LogP contribution in [0.15, 0.2) is 34.2 Å². The minimum absolute atomic E-state index is 0.0162. The zero-order valence-corrected chi connectivity index (χ0v) is 20.6. The second kappa shape index (κ2) is 8.65. The van der Waals surface area contributed by atoms with Crippen molar-refractivity contribution in [2.45, 2.75) is 64.8 Å². The molecular weight excluding hydrogens is 440 g/mol. The largest absolute Gasteiger partial charge is 0.372 e. The summed E-state index contributed by atoms with van der Waals surface area (Å²) in [5.41, 5.74) is 3.05. The van der Waals surface area contributed by atoms with E-state index in [4.69, 9.17) is 4.74 Å². The smallest absolute Gasteiger partial charge is 0.268 e. The maximum atomic E-state index is 14.0. The van der Waals surface area contributed by atoms with Crippen LogP contribution in [0.25, 0.3) is 21.7 Å². The fourth-order valence-corrected chi connectivity index (χ4v) is 6.58. The molecule has 0 unspecified atom stereocenters. The highest BCUT2D eigenvalue weighted by atomic mass is 32.2. The van der Waals surface area contributed by atoms with E-state index in [-0.39, 0.29) is 11.7 Å². The molecule has 0 aliphatic carbocycles. The number of benzene rings is 1. The highest BCUT2D eigenvalue weighted by Gasteiger charge is 2.30. The number of fused-ring (bicyclic) bond motifs is 5. The van der Waals surface area contributed by atoms with Crippen LogP contribution in [-0.4, -0.2) is 31.0 Å². The van der Waals surface area contributed by atoms with Crippen molar-refractivity contribution in [3.05, 3.63) is 50.6 Å². The standard InChI is InChI=1S/C24H28N4O2S2/c1-5-6-10-31-24-26-25-23-27(16-9-7-8-15(4)11-16)21(29)20-17-12-18(14(2)3)30-13-19(17)32-22(20)28(23)24/h7-9,11,14,18H,5-6,10,12-13H2,1-4H3/t18-/m0/s1. The van der Waals surface area contributed by atoms with Crippen LogP contribution < -0.4 is 5.56 Å². The van der Waals surface area contributed by atoms with Crippen molar-refractivity contribution < 1.29 is 4.74 Å². The Balaban J connectivity index is 1.82. The average Bonchev–Trinajstić information content (AvgIpc) is 3.35. The third-order valence-electron chi connectivity index (χ3n) is 6.07. The van der Waals surface area contributed by atoms with Gasteiger partial charge in [-0.25, -0.2) is 8.97 Å². The molecule has 0 saturated carbocycles. The first kappa shape index (κ1) is 21.7. The van der Waals surface area contributed by atoms with Crippen molar-refractivity contribution in [2.24, 2.45) is 5.92 Å². The van der Waals surface area contributed by atoms with E-state index >= 15 is 0 Å². The van der Waals surface area contributed by atoms with Gasteiger partial charge >= 0.3 is 0 Å². The Labute approximate surface area is 195 Å². The summed E-state index contributed by atoms with van der Waals surface area (Å²) in [4.78, 5) is 16.1. The monoisotopic (exact) mass is 468 g/mol. The van der Waals surface area contributed by atoms with Crippen LogP contribution in [-0.2, 0) is 17.8 Å². The van der Waals surface area contributed by atoms with Gasteiger partial charge in [0.15, 0.2) is 5.16 Å². The van der Waals surface area contributed by atoms with Gasteiger partial charge in [-0.15, -0.1) is 21.5 Å². The fourth-order valence-electron chi connectivity index (χ4n) is 4.27. The van der Waals surface area contributed by atoms with E-state index in [0.717, 1.165) is 62.1 Å². The Kier molecular flexibility index (Phi) is 5.86. The molecule has 0 spiro atoms. The van der Waals surface area contributed by atoms with Crippen LogP contribution in [0.2, 0.25) is 0 Å². The summed E-state index contributed by atoms with van der Waals surface area (Å²) in [5.74, 6) is 1.95. The van der Waals surface area contributed by atoms with Crippen LogP contribution in [0.1, 0.15) is 49.6 Å². The molecule has 0 bridgehead atoms. The molecule has 0 radical (unpaired) electrons. The number of nitrogens with zero attached hydrogens (tertiary/aromatic N) is 4. The van der Waals surface area contributed by atoms with E-state index in [2.05, 4.69) is 35.4 Å². The first-order valence-electron chi connectivity index (χ1n) is 11.3. The van der Waals surface area contributed by atoms with E-state index in [1.807, 2.05) is 31.2 Å². The molecule has 32 heavy (non-hydrogen) atoms. The molecule has 0 N–H and O–H groups in total. The summed E-state index contributed by atoms with van der Waals surface area (Å²) in [6.07, 6.45) is 3.14. The highest BCUT2D eigenvalue weighted by Crippen LogP contribution is 2.37. The molecule has 5 rings (SSSR count). The lowest BCUT2D eigenvalue weighted by atomic mass is 9.96. The minimum atomic E-state index is -0.0162. The van der Waals surface area contributed by atoms with Crippen LogP contribution in [0.4, 0.5) is 0 Å². The van der Waals surface area contributed by atoms with Crippen molar-refractivity contribution in [2.75, 3.05) is 5.75 Å². The number of thiophene rings is 1. The summed E-state index contributed by atoms with van der Waals surface area (Å²) in [7, 11) is 0.